The highest BCUT2D eigenvalue weighted by atomic mass is 32.2. The molecule has 1 aliphatic carbocycles. The van der Waals surface area contributed by atoms with Crippen molar-refractivity contribution in [1.82, 2.24) is 8.87 Å². The van der Waals surface area contributed by atoms with Crippen LogP contribution >= 0.6 is 0 Å². The van der Waals surface area contributed by atoms with Crippen LogP contribution in [0.4, 0.5) is 5.69 Å². The van der Waals surface area contributed by atoms with Gasteiger partial charge < -0.3 is 9.88 Å². The minimum Gasteiger partial charge on any atom is -0.324 e. The summed E-state index contributed by atoms with van der Waals surface area (Å²) in [5.41, 5.74) is 2.75. The molecule has 1 aliphatic rings. The van der Waals surface area contributed by atoms with E-state index in [2.05, 4.69) is 11.4 Å². The number of fused-ring (bicyclic) bond motifs is 1. The molecule has 0 unspecified atom stereocenters. The minimum absolute atomic E-state index is 0.00527. The maximum absolute atomic E-state index is 12.7. The summed E-state index contributed by atoms with van der Waals surface area (Å²) in [6.07, 6.45) is 5.40. The second-order valence-corrected chi connectivity index (χ2v) is 9.06. The Morgan fingerprint density at radius 1 is 1.10 bits per heavy atom. The van der Waals surface area contributed by atoms with Crippen LogP contribution < -0.4 is 10.9 Å². The molecule has 156 valence electrons. The molecule has 0 saturated carbocycles. The lowest BCUT2D eigenvalue weighted by Gasteiger charge is -2.20. The van der Waals surface area contributed by atoms with E-state index < -0.39 is 15.6 Å². The van der Waals surface area contributed by atoms with E-state index in [-0.39, 0.29) is 17.3 Å². The van der Waals surface area contributed by atoms with Crippen LogP contribution in [0.1, 0.15) is 37.8 Å². The summed E-state index contributed by atoms with van der Waals surface area (Å²) in [5, 5.41) is 2.89. The van der Waals surface area contributed by atoms with Gasteiger partial charge in [-0.3, -0.25) is 9.59 Å². The highest BCUT2D eigenvalue weighted by molar-refractivity contribution is 7.89. The second kappa shape index (κ2) is 8.92. The Labute approximate surface area is 171 Å². The summed E-state index contributed by atoms with van der Waals surface area (Å²) in [6, 6.07) is 8.34. The quantitative estimate of drug-likeness (QED) is 0.749. The number of benzene rings is 1. The number of rotatable bonds is 7. The minimum atomic E-state index is -3.71. The topological polar surface area (TPSA) is 88.5 Å². The van der Waals surface area contributed by atoms with Gasteiger partial charge in [-0.25, -0.2) is 8.42 Å². The molecule has 1 amide bonds. The van der Waals surface area contributed by atoms with Gasteiger partial charge >= 0.3 is 0 Å². The van der Waals surface area contributed by atoms with E-state index >= 15 is 0 Å². The van der Waals surface area contributed by atoms with E-state index in [0.717, 1.165) is 41.5 Å². The number of aromatic nitrogens is 1. The van der Waals surface area contributed by atoms with Gasteiger partial charge in [0, 0.05) is 31.0 Å². The third kappa shape index (κ3) is 4.59. The Kier molecular flexibility index (Phi) is 6.54. The fourth-order valence-electron chi connectivity index (χ4n) is 3.74. The van der Waals surface area contributed by atoms with Crippen LogP contribution in [0, 0.1) is 0 Å². The van der Waals surface area contributed by atoms with Crippen LogP contribution in [0.25, 0.3) is 0 Å². The molecule has 0 spiro atoms. The summed E-state index contributed by atoms with van der Waals surface area (Å²) in [6.45, 7) is 3.93. The first kappa shape index (κ1) is 21.3. The molecule has 0 bridgehead atoms. The van der Waals surface area contributed by atoms with Crippen molar-refractivity contribution < 1.29 is 13.2 Å². The molecule has 1 N–H and O–H groups in total. The molecule has 0 fully saturated rings. The van der Waals surface area contributed by atoms with E-state index in [1.165, 1.54) is 28.2 Å². The van der Waals surface area contributed by atoms with Crippen LogP contribution in [0.2, 0.25) is 0 Å². The molecule has 0 radical (unpaired) electrons. The molecule has 0 atom stereocenters. The standard InChI is InChI=1S/C21H27N3O4S/c1-3-24(4-2)29(27,28)17-12-13-21(26)23(14-17)15-20(25)22-19-11-7-9-16-8-5-6-10-18(16)19/h7,9,11-14H,3-6,8,10,15H2,1-2H3,(H,22,25). The zero-order valence-electron chi connectivity index (χ0n) is 16.8. The van der Waals surface area contributed by atoms with Crippen LogP contribution in [-0.4, -0.2) is 36.3 Å². The molecule has 3 rings (SSSR count). The van der Waals surface area contributed by atoms with Crippen LogP contribution in [0.5, 0.6) is 0 Å². The Balaban J connectivity index is 1.82. The van der Waals surface area contributed by atoms with Crippen molar-refractivity contribution in [3.05, 3.63) is 58.0 Å². The number of hydrogen-bond acceptors (Lipinski definition) is 4. The van der Waals surface area contributed by atoms with Crippen molar-refractivity contribution in [3.63, 3.8) is 0 Å². The highest BCUT2D eigenvalue weighted by Crippen LogP contribution is 2.27. The normalized spacial score (nSPS) is 13.9. The number of nitrogens with zero attached hydrogens (tertiary/aromatic N) is 2. The lowest BCUT2D eigenvalue weighted by Crippen LogP contribution is -2.33. The Morgan fingerprint density at radius 2 is 1.83 bits per heavy atom. The molecule has 0 aliphatic heterocycles. The SMILES string of the molecule is CCN(CC)S(=O)(=O)c1ccc(=O)n(CC(=O)Nc2cccc3c2CCCC3)c1. The van der Waals surface area contributed by atoms with E-state index in [1.54, 1.807) is 13.8 Å². The van der Waals surface area contributed by atoms with Gasteiger partial charge in [0.05, 0.1) is 4.90 Å². The van der Waals surface area contributed by atoms with Crippen molar-refractivity contribution in [2.45, 2.75) is 51.0 Å². The second-order valence-electron chi connectivity index (χ2n) is 7.12. The van der Waals surface area contributed by atoms with Crippen LogP contribution in [-0.2, 0) is 34.2 Å². The summed E-state index contributed by atoms with van der Waals surface area (Å²) < 4.78 is 27.9. The lowest BCUT2D eigenvalue weighted by molar-refractivity contribution is -0.116. The van der Waals surface area contributed by atoms with Crippen molar-refractivity contribution in [2.75, 3.05) is 18.4 Å². The number of amides is 1. The number of nitrogens with one attached hydrogen (secondary N) is 1. The average Bonchev–Trinajstić information content (AvgIpc) is 2.70. The van der Waals surface area contributed by atoms with Gasteiger partial charge in [-0.1, -0.05) is 26.0 Å². The van der Waals surface area contributed by atoms with Crippen molar-refractivity contribution in [1.29, 1.82) is 0 Å². The maximum Gasteiger partial charge on any atom is 0.251 e. The molecular weight excluding hydrogens is 390 g/mol. The Morgan fingerprint density at radius 3 is 2.55 bits per heavy atom. The van der Waals surface area contributed by atoms with Gasteiger partial charge in [-0.15, -0.1) is 0 Å². The van der Waals surface area contributed by atoms with Crippen molar-refractivity contribution >= 4 is 21.6 Å². The first-order chi connectivity index (χ1) is 13.9. The fraction of sp³-hybridized carbons (Fsp3) is 0.429. The summed E-state index contributed by atoms with van der Waals surface area (Å²) in [5.74, 6) is -0.358. The molecule has 7 nitrogen and oxygen atoms in total. The number of pyridine rings is 1. The molecular formula is C21H27N3O4S. The third-order valence-corrected chi connectivity index (χ3v) is 7.32. The third-order valence-electron chi connectivity index (χ3n) is 5.28. The number of anilines is 1. The van der Waals surface area contributed by atoms with Gasteiger partial charge in [-0.05, 0) is 48.9 Å². The van der Waals surface area contributed by atoms with E-state index in [4.69, 9.17) is 0 Å². The number of sulfonamides is 1. The molecule has 1 aromatic carbocycles. The smallest absolute Gasteiger partial charge is 0.251 e. The number of hydrogen-bond donors (Lipinski definition) is 1. The first-order valence-electron chi connectivity index (χ1n) is 9.98. The Hall–Kier alpha value is -2.45. The Bertz CT molecular complexity index is 1060. The van der Waals surface area contributed by atoms with E-state index in [9.17, 15) is 18.0 Å². The predicted octanol–water partition coefficient (Wildman–Crippen LogP) is 2.40. The van der Waals surface area contributed by atoms with Gasteiger partial charge in [0.15, 0.2) is 0 Å². The lowest BCUT2D eigenvalue weighted by atomic mass is 9.90. The van der Waals surface area contributed by atoms with Gasteiger partial charge in [0.25, 0.3) is 5.56 Å². The van der Waals surface area contributed by atoms with Gasteiger partial charge in [-0.2, -0.15) is 4.31 Å². The van der Waals surface area contributed by atoms with E-state index in [0.29, 0.717) is 13.1 Å². The largest absolute Gasteiger partial charge is 0.324 e. The maximum atomic E-state index is 12.7. The van der Waals surface area contributed by atoms with Crippen molar-refractivity contribution in [3.8, 4) is 0 Å². The first-order valence-corrected chi connectivity index (χ1v) is 11.4. The average molecular weight is 418 g/mol. The summed E-state index contributed by atoms with van der Waals surface area (Å²) in [4.78, 5) is 24.8. The number of carbonyl (C=O) groups excluding carboxylic acids is 1. The van der Waals surface area contributed by atoms with Gasteiger partial charge in [0.1, 0.15) is 6.54 Å². The van der Waals surface area contributed by atoms with Gasteiger partial charge in [0.2, 0.25) is 15.9 Å². The summed E-state index contributed by atoms with van der Waals surface area (Å²) in [7, 11) is -3.71. The van der Waals surface area contributed by atoms with Crippen LogP contribution in [0.15, 0.2) is 46.2 Å². The molecule has 8 heteroatoms. The predicted molar refractivity (Wildman–Crippen MR) is 113 cm³/mol. The molecule has 1 aromatic heterocycles. The highest BCUT2D eigenvalue weighted by Gasteiger charge is 2.23. The zero-order chi connectivity index (χ0) is 21.0. The molecule has 1 heterocycles. The summed E-state index contributed by atoms with van der Waals surface area (Å²) >= 11 is 0. The number of carbonyl (C=O) groups is 1. The fourth-order valence-corrected chi connectivity index (χ4v) is 5.22. The number of aryl methyl sites for hydroxylation is 1. The van der Waals surface area contributed by atoms with Crippen molar-refractivity contribution in [2.24, 2.45) is 0 Å². The molecule has 29 heavy (non-hydrogen) atoms. The zero-order valence-corrected chi connectivity index (χ0v) is 17.7. The molecule has 2 aromatic rings. The van der Waals surface area contributed by atoms with E-state index in [1.807, 2.05) is 12.1 Å². The van der Waals surface area contributed by atoms with Crippen LogP contribution in [0.3, 0.4) is 0 Å². The molecule has 0 saturated heterocycles. The monoisotopic (exact) mass is 417 g/mol.